The lowest BCUT2D eigenvalue weighted by Crippen LogP contribution is -2.41. The molecule has 3 amide bonds. The van der Waals surface area contributed by atoms with Crippen LogP contribution in [0, 0.1) is 0 Å². The number of carbonyl (C=O) groups excluding carboxylic acids is 2. The van der Waals surface area contributed by atoms with Crippen LogP contribution >= 0.6 is 39.1 Å². The number of halogens is 3. The highest BCUT2D eigenvalue weighted by Gasteiger charge is 2.23. The molecule has 7 nitrogen and oxygen atoms in total. The highest BCUT2D eigenvalue weighted by atomic mass is 79.9. The summed E-state index contributed by atoms with van der Waals surface area (Å²) in [6.45, 7) is 8.37. The number of hydrogen-bond acceptors (Lipinski definition) is 3. The zero-order valence-corrected chi connectivity index (χ0v) is 23.1. The van der Waals surface area contributed by atoms with Crippen molar-refractivity contribution in [3.05, 3.63) is 68.7 Å². The van der Waals surface area contributed by atoms with Gasteiger partial charge >= 0.3 is 6.03 Å². The van der Waals surface area contributed by atoms with Crippen LogP contribution in [0.1, 0.15) is 39.8 Å². The van der Waals surface area contributed by atoms with E-state index < -0.39 is 0 Å². The van der Waals surface area contributed by atoms with Crippen LogP contribution in [0.5, 0.6) is 0 Å². The lowest BCUT2D eigenvalue weighted by Gasteiger charge is -2.22. The van der Waals surface area contributed by atoms with Gasteiger partial charge in [0.05, 0.1) is 21.4 Å². The number of rotatable bonds is 7. The normalized spacial score (nSPS) is 11.3. The zero-order chi connectivity index (χ0) is 25.8. The van der Waals surface area contributed by atoms with Crippen LogP contribution in [-0.4, -0.2) is 39.7 Å². The molecule has 0 radical (unpaired) electrons. The minimum atomic E-state index is -0.349. The highest BCUT2D eigenvalue weighted by molar-refractivity contribution is 9.10. The molecule has 3 aromatic rings. The largest absolute Gasteiger partial charge is 0.322 e. The van der Waals surface area contributed by atoms with Crippen molar-refractivity contribution >= 4 is 62.6 Å². The van der Waals surface area contributed by atoms with Gasteiger partial charge in [0.2, 0.25) is 5.91 Å². The minimum absolute atomic E-state index is 0.117. The Morgan fingerprint density at radius 2 is 1.71 bits per heavy atom. The van der Waals surface area contributed by atoms with E-state index in [0.29, 0.717) is 40.2 Å². The Morgan fingerprint density at radius 3 is 2.31 bits per heavy atom. The molecule has 0 unspecified atom stereocenters. The Labute approximate surface area is 223 Å². The fourth-order valence-electron chi connectivity index (χ4n) is 3.26. The highest BCUT2D eigenvalue weighted by Crippen LogP contribution is 2.29. The Bertz CT molecular complexity index is 1210. The first-order chi connectivity index (χ1) is 16.5. The molecule has 0 saturated carbocycles. The average Bonchev–Trinajstić information content (AvgIpc) is 3.21. The summed E-state index contributed by atoms with van der Waals surface area (Å²) >= 11 is 15.7. The van der Waals surface area contributed by atoms with Gasteiger partial charge in [-0.25, -0.2) is 9.48 Å². The third kappa shape index (κ3) is 7.22. The second-order valence-corrected chi connectivity index (χ2v) is 10.8. The van der Waals surface area contributed by atoms with Gasteiger partial charge in [-0.05, 0) is 48.9 Å². The fraction of sp³-hybridized carbons (Fsp3) is 0.320. The SMILES string of the molecule is CCCN(CC(=O)Nc1cc(C(C)(C)C)nn1-c1ccc(Cl)c(Cl)c1)C(=O)Nc1ccc(Br)cc1. The molecule has 2 N–H and O–H groups in total. The summed E-state index contributed by atoms with van der Waals surface area (Å²) in [4.78, 5) is 27.4. The van der Waals surface area contributed by atoms with Crippen molar-refractivity contribution in [1.82, 2.24) is 14.7 Å². The quantitative estimate of drug-likeness (QED) is 0.312. The van der Waals surface area contributed by atoms with Gasteiger partial charge in [-0.15, -0.1) is 0 Å². The summed E-state index contributed by atoms with van der Waals surface area (Å²) < 4.78 is 2.53. The third-order valence-electron chi connectivity index (χ3n) is 5.10. The molecule has 0 bridgehead atoms. The van der Waals surface area contributed by atoms with E-state index in [1.807, 2.05) is 45.9 Å². The number of nitrogens with one attached hydrogen (secondary N) is 2. The van der Waals surface area contributed by atoms with Gasteiger partial charge in [0.25, 0.3) is 0 Å². The minimum Gasteiger partial charge on any atom is -0.315 e. The van der Waals surface area contributed by atoms with Crippen molar-refractivity contribution in [3.63, 3.8) is 0 Å². The zero-order valence-electron chi connectivity index (χ0n) is 20.0. The van der Waals surface area contributed by atoms with Crippen molar-refractivity contribution in [2.45, 2.75) is 39.5 Å². The van der Waals surface area contributed by atoms with Crippen molar-refractivity contribution < 1.29 is 9.59 Å². The van der Waals surface area contributed by atoms with Crippen LogP contribution in [0.15, 0.2) is 53.0 Å². The maximum Gasteiger partial charge on any atom is 0.322 e. The van der Waals surface area contributed by atoms with Crippen molar-refractivity contribution in [2.24, 2.45) is 0 Å². The van der Waals surface area contributed by atoms with E-state index in [0.717, 1.165) is 10.2 Å². The third-order valence-corrected chi connectivity index (χ3v) is 6.37. The molecule has 0 aliphatic carbocycles. The van der Waals surface area contributed by atoms with Crippen molar-refractivity contribution in [2.75, 3.05) is 23.7 Å². The first-order valence-electron chi connectivity index (χ1n) is 11.1. The van der Waals surface area contributed by atoms with Crippen molar-refractivity contribution in [3.8, 4) is 5.69 Å². The molecular weight excluding hydrogens is 553 g/mol. The number of benzene rings is 2. The Hall–Kier alpha value is -2.55. The van der Waals surface area contributed by atoms with E-state index in [4.69, 9.17) is 28.3 Å². The van der Waals surface area contributed by atoms with Crippen LogP contribution in [0.25, 0.3) is 5.69 Å². The predicted octanol–water partition coefficient (Wildman–Crippen LogP) is 7.12. The maximum absolute atomic E-state index is 13.0. The standard InChI is InChI=1S/C25H28BrCl2N5O2/c1-5-12-32(24(35)29-17-8-6-16(26)7-9-17)15-23(34)30-22-14-21(25(2,3)4)31-33(22)18-10-11-19(27)20(28)13-18/h6-11,13-14H,5,12,15H2,1-4H3,(H,29,35)(H,30,34). The molecule has 35 heavy (non-hydrogen) atoms. The van der Waals surface area contributed by atoms with Gasteiger partial charge in [0, 0.05) is 28.2 Å². The summed E-state index contributed by atoms with van der Waals surface area (Å²) in [7, 11) is 0. The first-order valence-corrected chi connectivity index (χ1v) is 12.7. The van der Waals surface area contributed by atoms with Gasteiger partial charge in [-0.1, -0.05) is 66.8 Å². The number of carbonyl (C=O) groups is 2. The predicted molar refractivity (Wildman–Crippen MR) is 146 cm³/mol. The monoisotopic (exact) mass is 579 g/mol. The molecule has 0 aliphatic heterocycles. The number of aromatic nitrogens is 2. The van der Waals surface area contributed by atoms with Crippen LogP contribution < -0.4 is 10.6 Å². The Balaban J connectivity index is 1.81. The number of nitrogens with zero attached hydrogens (tertiary/aromatic N) is 3. The van der Waals surface area contributed by atoms with E-state index in [1.54, 1.807) is 35.0 Å². The Kier molecular flexibility index (Phi) is 8.85. The smallest absolute Gasteiger partial charge is 0.315 e. The lowest BCUT2D eigenvalue weighted by atomic mass is 9.92. The molecule has 1 aromatic heterocycles. The summed E-state index contributed by atoms with van der Waals surface area (Å²) in [5, 5.41) is 11.2. The van der Waals surface area contributed by atoms with Crippen LogP contribution in [-0.2, 0) is 10.2 Å². The molecule has 0 spiro atoms. The van der Waals surface area contributed by atoms with Gasteiger partial charge in [0.1, 0.15) is 12.4 Å². The van der Waals surface area contributed by atoms with Crippen LogP contribution in [0.4, 0.5) is 16.3 Å². The molecule has 2 aromatic carbocycles. The fourth-order valence-corrected chi connectivity index (χ4v) is 3.82. The average molecular weight is 581 g/mol. The summed E-state index contributed by atoms with van der Waals surface area (Å²) in [5.74, 6) is 0.133. The second kappa shape index (κ2) is 11.5. The molecular formula is C25H28BrCl2N5O2. The molecule has 0 saturated heterocycles. The van der Waals surface area contributed by atoms with Crippen LogP contribution in [0.2, 0.25) is 10.0 Å². The summed E-state index contributed by atoms with van der Waals surface area (Å²) in [6.07, 6.45) is 0.705. The molecule has 1 heterocycles. The number of hydrogen-bond donors (Lipinski definition) is 2. The maximum atomic E-state index is 13.0. The van der Waals surface area contributed by atoms with E-state index in [1.165, 1.54) is 4.90 Å². The molecule has 10 heteroatoms. The van der Waals surface area contributed by atoms with Gasteiger partial charge < -0.3 is 15.5 Å². The topological polar surface area (TPSA) is 79.3 Å². The summed E-state index contributed by atoms with van der Waals surface area (Å²) in [5.41, 5.74) is 1.84. The van der Waals surface area contributed by atoms with E-state index in [9.17, 15) is 9.59 Å². The van der Waals surface area contributed by atoms with E-state index in [2.05, 4.69) is 26.6 Å². The first kappa shape index (κ1) is 27.0. The van der Waals surface area contributed by atoms with E-state index in [-0.39, 0.29) is 23.9 Å². The number of amides is 3. The number of anilines is 2. The van der Waals surface area contributed by atoms with E-state index >= 15 is 0 Å². The number of urea groups is 1. The van der Waals surface area contributed by atoms with Crippen molar-refractivity contribution in [1.29, 1.82) is 0 Å². The summed E-state index contributed by atoms with van der Waals surface area (Å²) in [6, 6.07) is 13.9. The molecule has 0 fully saturated rings. The second-order valence-electron chi connectivity index (χ2n) is 9.08. The molecule has 0 aliphatic rings. The molecule has 0 atom stereocenters. The molecule has 186 valence electrons. The van der Waals surface area contributed by atoms with Gasteiger partial charge in [0.15, 0.2) is 0 Å². The molecule has 3 rings (SSSR count). The van der Waals surface area contributed by atoms with Crippen LogP contribution in [0.3, 0.4) is 0 Å². The van der Waals surface area contributed by atoms with Gasteiger partial charge in [-0.3, -0.25) is 4.79 Å². The lowest BCUT2D eigenvalue weighted by molar-refractivity contribution is -0.116. The Morgan fingerprint density at radius 1 is 1.03 bits per heavy atom. The van der Waals surface area contributed by atoms with Gasteiger partial charge in [-0.2, -0.15) is 5.10 Å².